The summed E-state index contributed by atoms with van der Waals surface area (Å²) in [7, 11) is 0. The molecule has 1 heterocycles. The summed E-state index contributed by atoms with van der Waals surface area (Å²) in [5.41, 5.74) is 21.7. The van der Waals surface area contributed by atoms with Crippen LogP contribution in [0, 0.1) is 5.92 Å². The number of hydrogen-bond donors (Lipinski definition) is 21. The number of carbonyl (C=O) groups excluding carboxylic acids is 15. The summed E-state index contributed by atoms with van der Waals surface area (Å²) in [6.07, 6.45) is -5.28. The van der Waals surface area contributed by atoms with Crippen LogP contribution in [-0.2, 0) is 86.3 Å². The van der Waals surface area contributed by atoms with Gasteiger partial charge in [0.05, 0.1) is 37.5 Å². The zero-order valence-corrected chi connectivity index (χ0v) is 57.5. The van der Waals surface area contributed by atoms with Crippen molar-refractivity contribution in [1.82, 2.24) is 63.4 Å². The molecule has 42 heteroatoms. The van der Waals surface area contributed by atoms with Crippen molar-refractivity contribution in [3.8, 4) is 0 Å². The molecule has 552 valence electrons. The second-order valence-electron chi connectivity index (χ2n) is 23.1. The number of thioether (sulfide) groups is 2. The molecule has 1 aliphatic rings. The Kier molecular flexibility index (Phi) is 38.9. The maximum Gasteiger partial charge on any atom is 0.327 e. The van der Waals surface area contributed by atoms with E-state index >= 15 is 0 Å². The third-order valence-corrected chi connectivity index (χ3v) is 16.3. The molecular formula is C56H92N16O23S3. The topological polar surface area (TPSA) is 648 Å². The van der Waals surface area contributed by atoms with Crippen LogP contribution in [-0.4, -0.2) is 264 Å². The first-order chi connectivity index (χ1) is 45.7. The lowest BCUT2D eigenvalue weighted by atomic mass is 10.0. The molecule has 0 radical (unpaired) electrons. The van der Waals surface area contributed by atoms with E-state index in [9.17, 15) is 107 Å². The molecule has 0 aromatic carbocycles. The van der Waals surface area contributed by atoms with Crippen molar-refractivity contribution < 1.29 is 112 Å². The summed E-state index contributed by atoms with van der Waals surface area (Å²) in [5, 5.41) is 74.7. The van der Waals surface area contributed by atoms with Crippen LogP contribution < -0.4 is 81.4 Å². The summed E-state index contributed by atoms with van der Waals surface area (Å²) in [5.74, 6) is -21.8. The van der Waals surface area contributed by atoms with Gasteiger partial charge in [0.2, 0.25) is 88.6 Å². The Morgan fingerprint density at radius 1 is 0.459 bits per heavy atom. The minimum absolute atomic E-state index is 0.0307. The van der Waals surface area contributed by atoms with Gasteiger partial charge < -0.3 is 112 Å². The maximum atomic E-state index is 14.2. The highest BCUT2D eigenvalue weighted by atomic mass is 32.2. The van der Waals surface area contributed by atoms with E-state index in [2.05, 4.69) is 71.1 Å². The van der Waals surface area contributed by atoms with Gasteiger partial charge in [-0.05, 0) is 89.2 Å². The lowest BCUT2D eigenvalue weighted by Gasteiger charge is -2.32. The molecule has 0 saturated carbocycles. The third-order valence-electron chi connectivity index (χ3n) is 14.6. The summed E-state index contributed by atoms with van der Waals surface area (Å²) >= 11 is 6.33. The normalized spacial score (nSPS) is 16.9. The Labute approximate surface area is 576 Å². The van der Waals surface area contributed by atoms with Crippen molar-refractivity contribution in [1.29, 1.82) is 0 Å². The van der Waals surface area contributed by atoms with Gasteiger partial charge in [-0.15, -0.1) is 0 Å². The second-order valence-corrected chi connectivity index (χ2v) is 25.4. The van der Waals surface area contributed by atoms with Gasteiger partial charge in [-0.3, -0.25) is 81.5 Å². The predicted molar refractivity (Wildman–Crippen MR) is 350 cm³/mol. The lowest BCUT2D eigenvalue weighted by Crippen LogP contribution is -2.62. The van der Waals surface area contributed by atoms with Crippen LogP contribution in [0.1, 0.15) is 105 Å². The zero-order chi connectivity index (χ0) is 75.0. The highest BCUT2D eigenvalue weighted by Crippen LogP contribution is 2.21. The molecule has 39 nitrogen and oxygen atoms in total. The Morgan fingerprint density at radius 3 is 1.30 bits per heavy atom. The molecule has 0 unspecified atom stereocenters. The molecule has 1 saturated heterocycles. The van der Waals surface area contributed by atoms with Gasteiger partial charge in [-0.1, -0.05) is 13.8 Å². The number of aliphatic hydroxyl groups is 2. The van der Waals surface area contributed by atoms with Gasteiger partial charge in [-0.25, -0.2) is 4.79 Å². The van der Waals surface area contributed by atoms with Gasteiger partial charge in [-0.2, -0.15) is 36.2 Å². The number of nitrogens with one attached hydrogen (secondary N) is 11. The number of carboxylic acids is 3. The van der Waals surface area contributed by atoms with Crippen LogP contribution in [0.3, 0.4) is 0 Å². The Morgan fingerprint density at radius 2 is 0.857 bits per heavy atom. The third kappa shape index (κ3) is 30.9. The minimum atomic E-state index is -1.97. The summed E-state index contributed by atoms with van der Waals surface area (Å²) in [4.78, 5) is 236. The van der Waals surface area contributed by atoms with Crippen LogP contribution >= 0.6 is 36.2 Å². The highest BCUT2D eigenvalue weighted by molar-refractivity contribution is 7.98. The molecule has 0 spiro atoms. The smallest absolute Gasteiger partial charge is 0.327 e. The van der Waals surface area contributed by atoms with Gasteiger partial charge in [0, 0.05) is 25.1 Å². The molecule has 0 aromatic heterocycles. The number of nitrogens with zero attached hydrogens (tertiary/aromatic N) is 1. The first kappa shape index (κ1) is 87.4. The Hall–Kier alpha value is -8.61. The van der Waals surface area contributed by atoms with Crippen LogP contribution in [0.25, 0.3) is 0 Å². The summed E-state index contributed by atoms with van der Waals surface area (Å²) in [6, 6.07) is -21.7. The molecule has 1 rings (SSSR count). The number of hydrogen-bond acceptors (Lipinski definition) is 24. The standard InChI is InChI=1S/C56H92N16O23S3/c1-23(2)41(53(91)66-32(20-37(59)76)50(88)68-34(22-96)56(94)95)69-51(89)33(21-38(60)77)67-54(92)42(25(4)73)70-44(82)24(3)61-46(84)30(14-17-97-6)64-47(85)28(10-12-36(58)75)63-48(86)29(11-13-39(78)79)65-52(90)35-9-8-16-72(35)55(93)43(26(5)74)71-49(87)31(15-18-98-7)62-45(83)27(57)19-40(80)81/h23-35,41-43,73-74,96H,8-22,57H2,1-7H3,(H2,58,75)(H2,59,76)(H2,60,77)(H,61,84)(H,62,83)(H,63,86)(H,64,85)(H,65,90)(H,66,91)(H,67,92)(H,68,88)(H,69,89)(H,70,82)(H,71,87)(H,78,79)(H,80,81)(H,94,95)/t24-,25+,26+,27-,28-,29-,30-,31-,32-,33-,34-,35-,41-,42-,43-/m0/s1. The fourth-order valence-electron chi connectivity index (χ4n) is 9.25. The van der Waals surface area contributed by atoms with Gasteiger partial charge in [0.25, 0.3) is 0 Å². The van der Waals surface area contributed by atoms with Crippen molar-refractivity contribution >= 4 is 143 Å². The predicted octanol–water partition coefficient (Wildman–Crippen LogP) is -9.05. The molecule has 15 atom stereocenters. The van der Waals surface area contributed by atoms with Crippen LogP contribution in [0.5, 0.6) is 0 Å². The van der Waals surface area contributed by atoms with Crippen LogP contribution in [0.15, 0.2) is 0 Å². The van der Waals surface area contributed by atoms with E-state index in [0.29, 0.717) is 0 Å². The number of amides is 15. The molecule has 24 N–H and O–H groups in total. The number of carboxylic acid groups (broad SMARTS) is 3. The molecule has 0 aliphatic carbocycles. The van der Waals surface area contributed by atoms with Gasteiger partial charge >= 0.3 is 17.9 Å². The fourth-order valence-corrected chi connectivity index (χ4v) is 10.4. The van der Waals surface area contributed by atoms with E-state index in [0.717, 1.165) is 25.7 Å². The number of aliphatic carboxylic acids is 3. The van der Waals surface area contributed by atoms with Crippen molar-refractivity contribution in [3.63, 3.8) is 0 Å². The zero-order valence-electron chi connectivity index (χ0n) is 54.9. The fraction of sp³-hybridized carbons (Fsp3) is 0.679. The average molecular weight is 1450 g/mol. The molecule has 15 amide bonds. The summed E-state index contributed by atoms with van der Waals surface area (Å²) in [6.45, 7) is 6.01. The number of rotatable bonds is 46. The molecule has 1 aliphatic heterocycles. The number of aliphatic hydroxyl groups excluding tert-OH is 2. The lowest BCUT2D eigenvalue weighted by molar-refractivity contribution is -0.145. The maximum absolute atomic E-state index is 14.2. The van der Waals surface area contributed by atoms with Crippen molar-refractivity contribution in [2.45, 2.75) is 196 Å². The monoisotopic (exact) mass is 1450 g/mol. The van der Waals surface area contributed by atoms with Crippen molar-refractivity contribution in [2.24, 2.45) is 28.9 Å². The summed E-state index contributed by atoms with van der Waals surface area (Å²) < 4.78 is 0. The molecule has 1 fully saturated rings. The second kappa shape index (κ2) is 43.6. The SMILES string of the molecule is CSCC[C@H](NC(=O)[C@H](CCC(N)=O)NC(=O)[C@H](CCC(=O)O)NC(=O)[C@@H]1CCCN1C(=O)[C@@H](NC(=O)[C@H](CCSC)NC(=O)[C@@H](N)CC(=O)O)[C@@H](C)O)C(=O)N[C@@H](C)C(=O)N[C@H](C(=O)N[C@@H](CC(N)=O)C(=O)N[C@H](C(=O)N[C@@H](CC(N)=O)C(=O)N[C@@H](CS)C(=O)O)C(C)C)[C@@H](C)O. The van der Waals surface area contributed by atoms with E-state index in [1.54, 1.807) is 12.5 Å². The quantitative estimate of drug-likeness (QED) is 0.0252. The van der Waals surface area contributed by atoms with Crippen molar-refractivity contribution in [2.75, 3.05) is 36.3 Å². The van der Waals surface area contributed by atoms with E-state index in [1.165, 1.54) is 37.4 Å². The number of thiol groups is 1. The molecule has 0 aromatic rings. The number of carbonyl (C=O) groups is 18. The first-order valence-electron chi connectivity index (χ1n) is 30.6. The van der Waals surface area contributed by atoms with Gasteiger partial charge in [0.1, 0.15) is 72.5 Å². The van der Waals surface area contributed by atoms with E-state index < -0.39 is 254 Å². The Balaban J connectivity index is 3.45. The number of primary amides is 3. The van der Waals surface area contributed by atoms with E-state index in [4.69, 9.17) is 28.0 Å². The van der Waals surface area contributed by atoms with E-state index in [-0.39, 0.29) is 43.7 Å². The number of likely N-dealkylation sites (tertiary alicyclic amines) is 1. The van der Waals surface area contributed by atoms with E-state index in [1.807, 2.05) is 0 Å². The van der Waals surface area contributed by atoms with Crippen LogP contribution in [0.2, 0.25) is 0 Å². The average Bonchev–Trinajstić information content (AvgIpc) is 1.59. The largest absolute Gasteiger partial charge is 0.481 e. The number of nitrogens with two attached hydrogens (primary N) is 4. The van der Waals surface area contributed by atoms with Crippen molar-refractivity contribution in [3.05, 3.63) is 0 Å². The highest BCUT2D eigenvalue weighted by Gasteiger charge is 2.43. The Bertz CT molecular complexity index is 2890. The molecular weight excluding hydrogens is 1360 g/mol. The molecule has 98 heavy (non-hydrogen) atoms. The minimum Gasteiger partial charge on any atom is -0.481 e. The molecule has 0 bridgehead atoms. The van der Waals surface area contributed by atoms with Gasteiger partial charge in [0.15, 0.2) is 0 Å². The first-order valence-corrected chi connectivity index (χ1v) is 34.0. The van der Waals surface area contributed by atoms with Crippen LogP contribution in [0.4, 0.5) is 0 Å².